The van der Waals surface area contributed by atoms with Crippen molar-refractivity contribution in [3.05, 3.63) is 35.6 Å². The summed E-state index contributed by atoms with van der Waals surface area (Å²) in [6, 6.07) is 6.56. The largest absolute Gasteiger partial charge is 0.370 e. The van der Waals surface area contributed by atoms with Gasteiger partial charge in [0.2, 0.25) is 5.91 Å². The summed E-state index contributed by atoms with van der Waals surface area (Å²) in [6.45, 7) is 5.64. The van der Waals surface area contributed by atoms with E-state index < -0.39 is 11.5 Å². The van der Waals surface area contributed by atoms with Gasteiger partial charge >= 0.3 is 0 Å². The Hall–Kier alpha value is -1.46. The molecule has 0 aromatic heterocycles. The second-order valence-corrected chi connectivity index (χ2v) is 5.82. The predicted molar refractivity (Wildman–Crippen MR) is 83.7 cm³/mol. The van der Waals surface area contributed by atoms with Gasteiger partial charge in [-0.25, -0.2) is 4.39 Å². The van der Waals surface area contributed by atoms with Gasteiger partial charge in [0.1, 0.15) is 11.9 Å². The number of hydrogen-bond acceptors (Lipinski definition) is 3. The summed E-state index contributed by atoms with van der Waals surface area (Å²) in [5, 5.41) is 0. The van der Waals surface area contributed by atoms with E-state index in [2.05, 4.69) is 0 Å². The molecule has 2 N–H and O–H groups in total. The second kappa shape index (κ2) is 7.20. The van der Waals surface area contributed by atoms with Crippen LogP contribution < -0.4 is 5.73 Å². The van der Waals surface area contributed by atoms with Crippen LogP contribution in [-0.2, 0) is 9.53 Å². The summed E-state index contributed by atoms with van der Waals surface area (Å²) in [6.07, 6.45) is 1.00. The van der Waals surface area contributed by atoms with Crippen molar-refractivity contribution in [1.82, 2.24) is 4.90 Å². The number of rotatable bonds is 5. The van der Waals surface area contributed by atoms with E-state index in [9.17, 15) is 9.18 Å². The topological polar surface area (TPSA) is 55.6 Å². The van der Waals surface area contributed by atoms with Gasteiger partial charge in [0.15, 0.2) is 0 Å². The normalized spacial score (nSPS) is 19.3. The third-order valence-corrected chi connectivity index (χ3v) is 4.80. The molecule has 1 fully saturated rings. The van der Waals surface area contributed by atoms with Gasteiger partial charge in [0.05, 0.1) is 18.6 Å². The van der Waals surface area contributed by atoms with Crippen LogP contribution >= 0.6 is 0 Å². The van der Waals surface area contributed by atoms with Gasteiger partial charge in [-0.1, -0.05) is 32.0 Å². The lowest BCUT2D eigenvalue weighted by Crippen LogP contribution is -2.51. The van der Waals surface area contributed by atoms with E-state index in [-0.39, 0.29) is 11.7 Å². The molecule has 4 nitrogen and oxygen atoms in total. The first kappa shape index (κ1) is 16.9. The summed E-state index contributed by atoms with van der Waals surface area (Å²) in [5.41, 5.74) is 5.86. The van der Waals surface area contributed by atoms with Crippen LogP contribution in [0.4, 0.5) is 4.39 Å². The number of ether oxygens (including phenoxy) is 1. The third-order valence-electron chi connectivity index (χ3n) is 4.80. The van der Waals surface area contributed by atoms with Crippen molar-refractivity contribution >= 4 is 5.91 Å². The summed E-state index contributed by atoms with van der Waals surface area (Å²) in [5.74, 6) is -0.234. The molecule has 1 amide bonds. The number of halogens is 1. The van der Waals surface area contributed by atoms with Crippen molar-refractivity contribution < 1.29 is 13.9 Å². The van der Waals surface area contributed by atoms with Crippen LogP contribution in [0.2, 0.25) is 0 Å². The SMILES string of the molecule is CCC(CC)(CN)C(=O)N1CCOC(c2ccccc2F)C1. The molecule has 1 aromatic carbocycles. The molecule has 0 aliphatic carbocycles. The zero-order valence-electron chi connectivity index (χ0n) is 13.3. The van der Waals surface area contributed by atoms with Crippen molar-refractivity contribution in [2.75, 3.05) is 26.2 Å². The molecule has 1 heterocycles. The number of amides is 1. The number of benzene rings is 1. The molecule has 0 saturated carbocycles. The minimum absolute atomic E-state index is 0.0599. The second-order valence-electron chi connectivity index (χ2n) is 5.82. The van der Waals surface area contributed by atoms with Crippen LogP contribution in [-0.4, -0.2) is 37.0 Å². The molecule has 122 valence electrons. The molecule has 22 heavy (non-hydrogen) atoms. The Morgan fingerprint density at radius 3 is 2.68 bits per heavy atom. The highest BCUT2D eigenvalue weighted by atomic mass is 19.1. The molecule has 0 bridgehead atoms. The van der Waals surface area contributed by atoms with Gasteiger partial charge in [-0.15, -0.1) is 0 Å². The van der Waals surface area contributed by atoms with Crippen molar-refractivity contribution in [1.29, 1.82) is 0 Å². The highest BCUT2D eigenvalue weighted by Gasteiger charge is 2.39. The average Bonchev–Trinajstić information content (AvgIpc) is 2.57. The Morgan fingerprint density at radius 1 is 1.41 bits per heavy atom. The summed E-state index contributed by atoms with van der Waals surface area (Å²) in [4.78, 5) is 14.7. The number of morpholine rings is 1. The van der Waals surface area contributed by atoms with Crippen LogP contribution in [0.1, 0.15) is 38.4 Å². The van der Waals surface area contributed by atoms with E-state index in [4.69, 9.17) is 10.5 Å². The number of nitrogens with two attached hydrogens (primary N) is 1. The summed E-state index contributed by atoms with van der Waals surface area (Å²) >= 11 is 0. The van der Waals surface area contributed by atoms with E-state index in [1.807, 2.05) is 13.8 Å². The highest BCUT2D eigenvalue weighted by Crippen LogP contribution is 2.31. The first-order valence-electron chi connectivity index (χ1n) is 7.93. The standard InChI is InChI=1S/C17H25FN2O2/c1-3-17(4-2,12-19)16(21)20-9-10-22-15(11-20)13-7-5-6-8-14(13)18/h5-8,15H,3-4,9-12,19H2,1-2H3. The molecule has 1 saturated heterocycles. The molecule has 0 spiro atoms. The Bertz CT molecular complexity index is 509. The fourth-order valence-electron chi connectivity index (χ4n) is 3.02. The fourth-order valence-corrected chi connectivity index (χ4v) is 3.02. The number of carbonyl (C=O) groups is 1. The Labute approximate surface area is 131 Å². The average molecular weight is 308 g/mol. The molecule has 5 heteroatoms. The number of hydrogen-bond donors (Lipinski definition) is 1. The van der Waals surface area contributed by atoms with Gasteiger partial charge < -0.3 is 15.4 Å². The molecule has 1 aromatic rings. The van der Waals surface area contributed by atoms with Gasteiger partial charge in [0, 0.05) is 18.7 Å². The maximum Gasteiger partial charge on any atom is 0.230 e. The zero-order chi connectivity index (χ0) is 16.2. The van der Waals surface area contributed by atoms with E-state index in [1.54, 1.807) is 23.1 Å². The molecule has 2 rings (SSSR count). The molecular formula is C17H25FN2O2. The van der Waals surface area contributed by atoms with Crippen molar-refractivity contribution in [2.24, 2.45) is 11.1 Å². The third kappa shape index (κ3) is 3.15. The van der Waals surface area contributed by atoms with Gasteiger partial charge in [-0.05, 0) is 18.9 Å². The van der Waals surface area contributed by atoms with Crippen molar-refractivity contribution in [2.45, 2.75) is 32.8 Å². The maximum absolute atomic E-state index is 13.9. The molecule has 1 atom stereocenters. The minimum Gasteiger partial charge on any atom is -0.370 e. The van der Waals surface area contributed by atoms with Crippen LogP contribution in [0.3, 0.4) is 0 Å². The highest BCUT2D eigenvalue weighted by molar-refractivity contribution is 5.83. The zero-order valence-corrected chi connectivity index (χ0v) is 13.3. The van der Waals surface area contributed by atoms with Gasteiger partial charge in [0.25, 0.3) is 0 Å². The molecule has 1 aliphatic heterocycles. The van der Waals surface area contributed by atoms with E-state index in [0.29, 0.717) is 44.6 Å². The monoisotopic (exact) mass is 308 g/mol. The number of carbonyl (C=O) groups excluding carboxylic acids is 1. The van der Waals surface area contributed by atoms with Gasteiger partial charge in [-0.2, -0.15) is 0 Å². The molecule has 1 unspecified atom stereocenters. The van der Waals surface area contributed by atoms with Crippen LogP contribution in [0, 0.1) is 11.2 Å². The lowest BCUT2D eigenvalue weighted by atomic mass is 9.80. The van der Waals surface area contributed by atoms with E-state index >= 15 is 0 Å². The Kier molecular flexibility index (Phi) is 5.53. The lowest BCUT2D eigenvalue weighted by molar-refractivity contribution is -0.150. The maximum atomic E-state index is 13.9. The van der Waals surface area contributed by atoms with Crippen LogP contribution in [0.5, 0.6) is 0 Å². The summed E-state index contributed by atoms with van der Waals surface area (Å²) in [7, 11) is 0. The number of nitrogens with zero attached hydrogens (tertiary/aromatic N) is 1. The van der Waals surface area contributed by atoms with Crippen molar-refractivity contribution in [3.63, 3.8) is 0 Å². The Morgan fingerprint density at radius 2 is 2.09 bits per heavy atom. The minimum atomic E-state index is -0.517. The quantitative estimate of drug-likeness (QED) is 0.909. The lowest BCUT2D eigenvalue weighted by Gasteiger charge is -2.39. The van der Waals surface area contributed by atoms with Crippen molar-refractivity contribution in [3.8, 4) is 0 Å². The fraction of sp³-hybridized carbons (Fsp3) is 0.588. The molecule has 1 aliphatic rings. The van der Waals surface area contributed by atoms with Crippen LogP contribution in [0.25, 0.3) is 0 Å². The molecular weight excluding hydrogens is 283 g/mol. The smallest absolute Gasteiger partial charge is 0.230 e. The van der Waals surface area contributed by atoms with E-state index in [0.717, 1.165) is 0 Å². The predicted octanol–water partition coefficient (Wildman–Crippen LogP) is 2.49. The summed E-state index contributed by atoms with van der Waals surface area (Å²) < 4.78 is 19.6. The molecule has 0 radical (unpaired) electrons. The van der Waals surface area contributed by atoms with E-state index in [1.165, 1.54) is 6.07 Å². The first-order chi connectivity index (χ1) is 10.6. The Balaban J connectivity index is 2.17. The van der Waals surface area contributed by atoms with Gasteiger partial charge in [-0.3, -0.25) is 4.79 Å². The van der Waals surface area contributed by atoms with Crippen LogP contribution in [0.15, 0.2) is 24.3 Å². The first-order valence-corrected chi connectivity index (χ1v) is 7.93.